The molecule has 4 nitrogen and oxygen atoms in total. The smallest absolute Gasteiger partial charge is 0.182 e. The Balaban J connectivity index is 2.00. The van der Waals surface area contributed by atoms with Crippen LogP contribution in [0.4, 0.5) is 0 Å². The number of halogens is 1. The fourth-order valence-corrected chi connectivity index (χ4v) is 2.58. The van der Waals surface area contributed by atoms with Gasteiger partial charge in [0.1, 0.15) is 11.9 Å². The average Bonchev–Trinajstić information content (AvgIpc) is 2.87. The van der Waals surface area contributed by atoms with Crippen molar-refractivity contribution in [3.8, 4) is 0 Å². The summed E-state index contributed by atoms with van der Waals surface area (Å²) in [5.41, 5.74) is 2.18. The predicted molar refractivity (Wildman–Crippen MR) is 86.1 cm³/mol. The first-order chi connectivity index (χ1) is 10.6. The van der Waals surface area contributed by atoms with Gasteiger partial charge in [-0.25, -0.2) is 4.98 Å². The molecule has 0 amide bonds. The number of rotatable bonds is 4. The molecule has 1 heterocycles. The Hall–Kier alpha value is -2.17. The van der Waals surface area contributed by atoms with E-state index < -0.39 is 6.10 Å². The van der Waals surface area contributed by atoms with Crippen LogP contribution in [0.15, 0.2) is 48.5 Å². The van der Waals surface area contributed by atoms with Crippen LogP contribution in [0.1, 0.15) is 29.2 Å². The molecule has 5 heteroatoms. The Labute approximate surface area is 133 Å². The Morgan fingerprint density at radius 3 is 2.59 bits per heavy atom. The lowest BCUT2D eigenvalue weighted by Crippen LogP contribution is -2.14. The van der Waals surface area contributed by atoms with Crippen molar-refractivity contribution in [3.63, 3.8) is 0 Å². The molecule has 0 bridgehead atoms. The molecular weight excluding hydrogens is 300 g/mol. The maximum absolute atomic E-state index is 12.5. The molecule has 2 aromatic carbocycles. The monoisotopic (exact) mass is 314 g/mol. The second-order valence-electron chi connectivity index (χ2n) is 5.15. The Kier molecular flexibility index (Phi) is 3.96. The topological polar surface area (TPSA) is 55.1 Å². The van der Waals surface area contributed by atoms with Gasteiger partial charge in [-0.15, -0.1) is 0 Å². The van der Waals surface area contributed by atoms with Gasteiger partial charge in [-0.05, 0) is 43.3 Å². The molecule has 0 aliphatic carbocycles. The summed E-state index contributed by atoms with van der Waals surface area (Å²) in [5, 5.41) is 10.5. The minimum Gasteiger partial charge on any atom is -0.385 e. The quantitative estimate of drug-likeness (QED) is 0.748. The van der Waals surface area contributed by atoms with E-state index in [-0.39, 0.29) is 12.3 Å². The van der Waals surface area contributed by atoms with Crippen LogP contribution >= 0.6 is 11.6 Å². The summed E-state index contributed by atoms with van der Waals surface area (Å²) in [7, 11) is 0. The number of fused-ring (bicyclic) bond motifs is 1. The van der Waals surface area contributed by atoms with Gasteiger partial charge < -0.3 is 9.67 Å². The summed E-state index contributed by atoms with van der Waals surface area (Å²) in [5.74, 6) is 0.435. The van der Waals surface area contributed by atoms with Gasteiger partial charge in [-0.1, -0.05) is 23.7 Å². The van der Waals surface area contributed by atoms with Crippen molar-refractivity contribution in [2.75, 3.05) is 0 Å². The van der Waals surface area contributed by atoms with Crippen LogP contribution in [0.3, 0.4) is 0 Å². The summed E-state index contributed by atoms with van der Waals surface area (Å²) in [4.78, 5) is 16.9. The van der Waals surface area contributed by atoms with E-state index in [4.69, 9.17) is 11.6 Å². The van der Waals surface area contributed by atoms with Crippen molar-refractivity contribution >= 4 is 28.4 Å². The van der Waals surface area contributed by atoms with E-state index >= 15 is 0 Å². The average molecular weight is 315 g/mol. The summed E-state index contributed by atoms with van der Waals surface area (Å²) in [6.07, 6.45) is -0.745. The first-order valence-electron chi connectivity index (χ1n) is 6.98. The number of aromatic nitrogens is 2. The van der Waals surface area contributed by atoms with Crippen molar-refractivity contribution in [1.82, 2.24) is 9.55 Å². The van der Waals surface area contributed by atoms with E-state index in [1.54, 1.807) is 35.8 Å². The van der Waals surface area contributed by atoms with Crippen LogP contribution in [0.2, 0.25) is 5.02 Å². The molecule has 0 spiro atoms. The number of Topliss-reactive ketones (excluding diaryl/α,β-unsaturated/α-hetero) is 1. The lowest BCUT2D eigenvalue weighted by Gasteiger charge is -2.10. The molecule has 22 heavy (non-hydrogen) atoms. The van der Waals surface area contributed by atoms with Crippen LogP contribution in [0.5, 0.6) is 0 Å². The minimum atomic E-state index is -0.745. The number of carbonyl (C=O) groups excluding carboxylic acids is 1. The second-order valence-corrected chi connectivity index (χ2v) is 5.59. The van der Waals surface area contributed by atoms with Crippen molar-refractivity contribution in [2.24, 2.45) is 0 Å². The molecule has 0 aliphatic rings. The Bertz CT molecular complexity index is 822. The molecule has 3 aromatic rings. The number of aliphatic hydroxyl groups is 1. The standard InChI is InChI=1S/C17H15ClN2O2/c1-11(21)17-19-14-4-2-3-5-15(14)20(17)10-16(22)12-6-8-13(18)9-7-12/h2-9,11,21H,10H2,1H3. The predicted octanol–water partition coefficient (Wildman–Crippen LogP) is 3.63. The summed E-state index contributed by atoms with van der Waals surface area (Å²) in [6, 6.07) is 14.3. The maximum atomic E-state index is 12.5. The zero-order chi connectivity index (χ0) is 15.7. The van der Waals surface area contributed by atoms with Gasteiger partial charge in [0.15, 0.2) is 5.78 Å². The molecule has 1 aromatic heterocycles. The van der Waals surface area contributed by atoms with E-state index in [1.165, 1.54) is 0 Å². The van der Waals surface area contributed by atoms with Crippen LogP contribution in [-0.4, -0.2) is 20.4 Å². The van der Waals surface area contributed by atoms with Crippen molar-refractivity contribution in [1.29, 1.82) is 0 Å². The minimum absolute atomic E-state index is 0.0540. The van der Waals surface area contributed by atoms with Crippen molar-refractivity contribution in [3.05, 3.63) is 64.9 Å². The van der Waals surface area contributed by atoms with Crippen LogP contribution < -0.4 is 0 Å². The van der Waals surface area contributed by atoms with E-state index in [0.29, 0.717) is 16.4 Å². The third-order valence-electron chi connectivity index (χ3n) is 3.53. The number of ketones is 1. The lowest BCUT2D eigenvalue weighted by atomic mass is 10.1. The number of carbonyl (C=O) groups is 1. The van der Waals surface area contributed by atoms with Crippen LogP contribution in [-0.2, 0) is 6.54 Å². The molecule has 1 N–H and O–H groups in total. The number of hydrogen-bond acceptors (Lipinski definition) is 3. The molecule has 3 rings (SSSR count). The van der Waals surface area contributed by atoms with E-state index in [2.05, 4.69) is 4.98 Å². The normalized spacial score (nSPS) is 12.5. The first kappa shape index (κ1) is 14.8. The fourth-order valence-electron chi connectivity index (χ4n) is 2.45. The second kappa shape index (κ2) is 5.91. The Morgan fingerprint density at radius 1 is 1.23 bits per heavy atom. The number of aliphatic hydroxyl groups excluding tert-OH is 1. The molecule has 112 valence electrons. The Morgan fingerprint density at radius 2 is 1.91 bits per heavy atom. The maximum Gasteiger partial charge on any atom is 0.182 e. The van der Waals surface area contributed by atoms with Gasteiger partial charge >= 0.3 is 0 Å². The van der Waals surface area contributed by atoms with Gasteiger partial charge in [0.05, 0.1) is 17.6 Å². The van der Waals surface area contributed by atoms with Gasteiger partial charge in [0.2, 0.25) is 0 Å². The third kappa shape index (κ3) is 2.75. The van der Waals surface area contributed by atoms with Gasteiger partial charge in [0.25, 0.3) is 0 Å². The number of benzene rings is 2. The van der Waals surface area contributed by atoms with E-state index in [1.807, 2.05) is 24.3 Å². The van der Waals surface area contributed by atoms with Crippen LogP contribution in [0, 0.1) is 0 Å². The molecule has 0 saturated heterocycles. The summed E-state index contributed by atoms with van der Waals surface area (Å²) < 4.78 is 1.76. The summed E-state index contributed by atoms with van der Waals surface area (Å²) in [6.45, 7) is 1.77. The SMILES string of the molecule is CC(O)c1nc2ccccc2n1CC(=O)c1ccc(Cl)cc1. The van der Waals surface area contributed by atoms with Crippen molar-refractivity contribution < 1.29 is 9.90 Å². The highest BCUT2D eigenvalue weighted by atomic mass is 35.5. The fraction of sp³-hybridized carbons (Fsp3) is 0.176. The van der Waals surface area contributed by atoms with Gasteiger partial charge in [-0.2, -0.15) is 0 Å². The molecule has 1 unspecified atom stereocenters. The highest BCUT2D eigenvalue weighted by molar-refractivity contribution is 6.30. The van der Waals surface area contributed by atoms with Gasteiger partial charge in [-0.3, -0.25) is 4.79 Å². The van der Waals surface area contributed by atoms with Crippen LogP contribution in [0.25, 0.3) is 11.0 Å². The zero-order valence-electron chi connectivity index (χ0n) is 12.0. The highest BCUT2D eigenvalue weighted by Gasteiger charge is 2.17. The number of nitrogens with zero attached hydrogens (tertiary/aromatic N) is 2. The first-order valence-corrected chi connectivity index (χ1v) is 7.36. The lowest BCUT2D eigenvalue weighted by molar-refractivity contribution is 0.0968. The van der Waals surface area contributed by atoms with E-state index in [9.17, 15) is 9.90 Å². The van der Waals surface area contributed by atoms with Gasteiger partial charge in [0, 0.05) is 10.6 Å². The zero-order valence-corrected chi connectivity index (χ0v) is 12.8. The van der Waals surface area contributed by atoms with Crippen molar-refractivity contribution in [2.45, 2.75) is 19.6 Å². The highest BCUT2D eigenvalue weighted by Crippen LogP contribution is 2.21. The summed E-state index contributed by atoms with van der Waals surface area (Å²) >= 11 is 5.84. The number of imidazole rings is 1. The van der Waals surface area contributed by atoms with E-state index in [0.717, 1.165) is 11.0 Å². The molecule has 0 saturated carbocycles. The largest absolute Gasteiger partial charge is 0.385 e. The number of para-hydroxylation sites is 2. The third-order valence-corrected chi connectivity index (χ3v) is 3.78. The molecule has 0 aliphatic heterocycles. The molecule has 1 atom stereocenters. The molecular formula is C17H15ClN2O2. The number of hydrogen-bond donors (Lipinski definition) is 1. The molecule has 0 fully saturated rings. The molecule has 0 radical (unpaired) electrons.